The number of nitrogens with zero attached hydrogens (tertiary/aromatic N) is 1. The number of aryl methyl sites for hydroxylation is 1. The first-order valence-electron chi connectivity index (χ1n) is 8.52. The number of ether oxygens (including phenoxy) is 2. The molecule has 0 aliphatic rings. The van der Waals surface area contributed by atoms with E-state index in [-0.39, 0.29) is 16.9 Å². The molecule has 0 atom stereocenters. The van der Waals surface area contributed by atoms with Crippen molar-refractivity contribution in [3.63, 3.8) is 0 Å². The van der Waals surface area contributed by atoms with Gasteiger partial charge in [-0.05, 0) is 48.9 Å². The predicted molar refractivity (Wildman–Crippen MR) is 103 cm³/mol. The molecule has 0 radical (unpaired) electrons. The fourth-order valence-electron chi connectivity index (χ4n) is 2.68. The van der Waals surface area contributed by atoms with E-state index in [9.17, 15) is 9.59 Å². The minimum Gasteiger partial charge on any atom is -0.460 e. The monoisotopic (exact) mass is 373 g/mol. The number of fused-ring (bicyclic) bond motifs is 1. The number of carbonyl (C=O) groups is 1. The highest BCUT2D eigenvalue weighted by atomic mass is 16.5. The van der Waals surface area contributed by atoms with Crippen molar-refractivity contribution in [3.05, 3.63) is 94.6 Å². The van der Waals surface area contributed by atoms with Gasteiger partial charge in [0.25, 0.3) is 0 Å². The second-order valence-corrected chi connectivity index (χ2v) is 6.13. The Kier molecular flexibility index (Phi) is 4.60. The first-order valence-corrected chi connectivity index (χ1v) is 8.52. The molecule has 0 fully saturated rings. The van der Waals surface area contributed by atoms with Gasteiger partial charge in [0.15, 0.2) is 0 Å². The molecule has 28 heavy (non-hydrogen) atoms. The molecule has 0 saturated carbocycles. The average Bonchev–Trinajstić information content (AvgIpc) is 2.71. The Hall–Kier alpha value is -3.93. The van der Waals surface area contributed by atoms with Gasteiger partial charge < -0.3 is 13.9 Å². The van der Waals surface area contributed by atoms with Gasteiger partial charge in [0.05, 0.1) is 10.9 Å². The van der Waals surface area contributed by atoms with Crippen LogP contribution in [-0.2, 0) is 0 Å². The smallest absolute Gasteiger partial charge is 0.343 e. The number of aromatic nitrogens is 1. The highest BCUT2D eigenvalue weighted by Crippen LogP contribution is 2.24. The zero-order valence-corrected chi connectivity index (χ0v) is 14.9. The van der Waals surface area contributed by atoms with Crippen molar-refractivity contribution >= 4 is 16.9 Å². The highest BCUT2D eigenvalue weighted by molar-refractivity contribution is 5.91. The molecule has 0 unspecified atom stereocenters. The molecule has 0 bridgehead atoms. The van der Waals surface area contributed by atoms with Gasteiger partial charge in [-0.15, -0.1) is 0 Å². The van der Waals surface area contributed by atoms with E-state index in [1.165, 1.54) is 30.8 Å². The molecule has 0 aliphatic heterocycles. The SMILES string of the molecule is Cc1cccc(Oc2coc3cc(OC(=O)c4ccncc4)ccc3c2=O)c1. The molecule has 0 saturated heterocycles. The molecule has 2 aromatic heterocycles. The van der Waals surface area contributed by atoms with Gasteiger partial charge in [0.2, 0.25) is 11.2 Å². The van der Waals surface area contributed by atoms with Gasteiger partial charge >= 0.3 is 5.97 Å². The van der Waals surface area contributed by atoms with Crippen LogP contribution in [0.3, 0.4) is 0 Å². The van der Waals surface area contributed by atoms with Gasteiger partial charge in [-0.25, -0.2) is 4.79 Å². The molecule has 4 aromatic rings. The van der Waals surface area contributed by atoms with E-state index in [0.717, 1.165) is 5.56 Å². The van der Waals surface area contributed by atoms with Crippen LogP contribution in [0, 0.1) is 6.92 Å². The zero-order chi connectivity index (χ0) is 19.5. The van der Waals surface area contributed by atoms with Crippen molar-refractivity contribution in [1.29, 1.82) is 0 Å². The molecule has 0 aliphatic carbocycles. The van der Waals surface area contributed by atoms with Crippen LogP contribution in [0.4, 0.5) is 0 Å². The quantitative estimate of drug-likeness (QED) is 0.387. The fraction of sp³-hybridized carbons (Fsp3) is 0.0455. The lowest BCUT2D eigenvalue weighted by molar-refractivity contribution is 0.0735. The number of carbonyl (C=O) groups excluding carboxylic acids is 1. The lowest BCUT2D eigenvalue weighted by Crippen LogP contribution is -2.09. The molecule has 4 rings (SSSR count). The molecule has 2 aromatic carbocycles. The van der Waals surface area contributed by atoms with Crippen LogP contribution in [0.5, 0.6) is 17.2 Å². The Labute approximate surface area is 160 Å². The average molecular weight is 373 g/mol. The molecular formula is C22H15NO5. The van der Waals surface area contributed by atoms with Crippen LogP contribution in [0.2, 0.25) is 0 Å². The van der Waals surface area contributed by atoms with Crippen LogP contribution in [-0.4, -0.2) is 11.0 Å². The van der Waals surface area contributed by atoms with E-state index >= 15 is 0 Å². The third-order valence-corrected chi connectivity index (χ3v) is 4.06. The topological polar surface area (TPSA) is 78.6 Å². The van der Waals surface area contributed by atoms with E-state index < -0.39 is 5.97 Å². The Morgan fingerprint density at radius 1 is 1.00 bits per heavy atom. The molecule has 6 nitrogen and oxygen atoms in total. The minimum absolute atomic E-state index is 0.0830. The Morgan fingerprint density at radius 2 is 1.82 bits per heavy atom. The highest BCUT2D eigenvalue weighted by Gasteiger charge is 2.13. The van der Waals surface area contributed by atoms with Crippen LogP contribution >= 0.6 is 0 Å². The summed E-state index contributed by atoms with van der Waals surface area (Å²) in [7, 11) is 0. The predicted octanol–water partition coefficient (Wildman–Crippen LogP) is 4.51. The molecule has 0 spiro atoms. The van der Waals surface area contributed by atoms with Crippen molar-refractivity contribution < 1.29 is 18.7 Å². The summed E-state index contributed by atoms with van der Waals surface area (Å²) in [5.74, 6) is 0.377. The molecule has 0 N–H and O–H groups in total. The Balaban J connectivity index is 1.61. The lowest BCUT2D eigenvalue weighted by Gasteiger charge is -2.07. The summed E-state index contributed by atoms with van der Waals surface area (Å²) in [4.78, 5) is 28.7. The van der Waals surface area contributed by atoms with E-state index in [4.69, 9.17) is 13.9 Å². The number of hydrogen-bond donors (Lipinski definition) is 0. The molecule has 6 heteroatoms. The Bertz CT molecular complexity index is 1210. The van der Waals surface area contributed by atoms with Gasteiger partial charge in [-0.2, -0.15) is 0 Å². The van der Waals surface area contributed by atoms with E-state index in [1.54, 1.807) is 24.3 Å². The number of rotatable bonds is 4. The third-order valence-electron chi connectivity index (χ3n) is 4.06. The van der Waals surface area contributed by atoms with Crippen molar-refractivity contribution in [3.8, 4) is 17.2 Å². The summed E-state index contributed by atoms with van der Waals surface area (Å²) in [6.45, 7) is 1.94. The van der Waals surface area contributed by atoms with Gasteiger partial charge in [0.1, 0.15) is 23.3 Å². The van der Waals surface area contributed by atoms with Gasteiger partial charge in [-0.1, -0.05) is 12.1 Å². The van der Waals surface area contributed by atoms with Crippen LogP contribution in [0.15, 0.2) is 82.5 Å². The second kappa shape index (κ2) is 7.36. The molecule has 138 valence electrons. The summed E-state index contributed by atoms with van der Waals surface area (Å²) in [6, 6.07) is 15.0. The summed E-state index contributed by atoms with van der Waals surface area (Å²) < 4.78 is 16.5. The molecule has 0 amide bonds. The number of esters is 1. The van der Waals surface area contributed by atoms with Crippen molar-refractivity contribution in [1.82, 2.24) is 4.98 Å². The van der Waals surface area contributed by atoms with E-state index in [2.05, 4.69) is 4.98 Å². The van der Waals surface area contributed by atoms with Crippen molar-refractivity contribution in [2.75, 3.05) is 0 Å². The van der Waals surface area contributed by atoms with E-state index in [0.29, 0.717) is 22.3 Å². The first kappa shape index (κ1) is 17.5. The molecule has 2 heterocycles. The maximum Gasteiger partial charge on any atom is 0.343 e. The third kappa shape index (κ3) is 3.61. The second-order valence-electron chi connectivity index (χ2n) is 6.13. The normalized spacial score (nSPS) is 10.6. The number of hydrogen-bond acceptors (Lipinski definition) is 6. The van der Waals surface area contributed by atoms with E-state index in [1.807, 2.05) is 25.1 Å². The summed E-state index contributed by atoms with van der Waals surface area (Å²) in [6.07, 6.45) is 4.26. The number of benzene rings is 2. The van der Waals surface area contributed by atoms with Crippen LogP contribution in [0.25, 0.3) is 11.0 Å². The maximum absolute atomic E-state index is 12.7. The summed E-state index contributed by atoms with van der Waals surface area (Å²) in [5.41, 5.74) is 1.37. The largest absolute Gasteiger partial charge is 0.460 e. The first-order chi connectivity index (χ1) is 13.6. The summed E-state index contributed by atoms with van der Waals surface area (Å²) in [5, 5.41) is 0.328. The van der Waals surface area contributed by atoms with Gasteiger partial charge in [-0.3, -0.25) is 9.78 Å². The minimum atomic E-state index is -0.525. The standard InChI is InChI=1S/C22H15NO5/c1-14-3-2-4-16(11-14)27-20-13-26-19-12-17(5-6-18(19)21(20)24)28-22(25)15-7-9-23-10-8-15/h2-13H,1H3. The lowest BCUT2D eigenvalue weighted by atomic mass is 10.2. The van der Waals surface area contributed by atoms with Crippen LogP contribution in [0.1, 0.15) is 15.9 Å². The van der Waals surface area contributed by atoms with Crippen LogP contribution < -0.4 is 14.9 Å². The number of pyridine rings is 1. The fourth-order valence-corrected chi connectivity index (χ4v) is 2.68. The van der Waals surface area contributed by atoms with Gasteiger partial charge in [0, 0.05) is 18.5 Å². The van der Waals surface area contributed by atoms with Crippen molar-refractivity contribution in [2.45, 2.75) is 6.92 Å². The summed E-state index contributed by atoms with van der Waals surface area (Å²) >= 11 is 0. The Morgan fingerprint density at radius 3 is 2.61 bits per heavy atom. The zero-order valence-electron chi connectivity index (χ0n) is 14.9. The molecular weight excluding hydrogens is 358 g/mol. The maximum atomic E-state index is 12.7. The van der Waals surface area contributed by atoms with Crippen molar-refractivity contribution in [2.24, 2.45) is 0 Å².